The third kappa shape index (κ3) is 7.12. The maximum Gasteiger partial charge on any atom is 0.216 e. The highest BCUT2D eigenvalue weighted by molar-refractivity contribution is 7.89. The molecular formula is C20H24F2N2O4S2. The van der Waals surface area contributed by atoms with Gasteiger partial charge >= 0.3 is 0 Å². The molecule has 10 heteroatoms. The van der Waals surface area contributed by atoms with Gasteiger partial charge in [0, 0.05) is 12.1 Å². The number of benzene rings is 2. The zero-order valence-corrected chi connectivity index (χ0v) is 17.9. The van der Waals surface area contributed by atoms with Crippen molar-refractivity contribution in [3.8, 4) is 0 Å². The van der Waals surface area contributed by atoms with Crippen LogP contribution >= 0.6 is 0 Å². The molecule has 1 aliphatic rings. The minimum absolute atomic E-state index is 0.239. The molecule has 0 amide bonds. The van der Waals surface area contributed by atoms with Crippen LogP contribution in [0, 0.1) is 11.6 Å². The van der Waals surface area contributed by atoms with Gasteiger partial charge in [-0.3, -0.25) is 0 Å². The number of nitrogens with one attached hydrogen (secondary N) is 2. The number of halogens is 2. The molecule has 3 rings (SSSR count). The highest BCUT2D eigenvalue weighted by atomic mass is 32.2. The molecule has 0 aromatic heterocycles. The molecule has 0 spiro atoms. The van der Waals surface area contributed by atoms with E-state index in [0.29, 0.717) is 36.8 Å². The largest absolute Gasteiger partial charge is 0.216 e. The smallest absolute Gasteiger partial charge is 0.212 e. The molecule has 0 radical (unpaired) electrons. The van der Waals surface area contributed by atoms with Crippen molar-refractivity contribution in [1.82, 2.24) is 9.44 Å². The Morgan fingerprint density at radius 3 is 1.23 bits per heavy atom. The molecule has 1 saturated carbocycles. The van der Waals surface area contributed by atoms with Crippen molar-refractivity contribution in [3.05, 3.63) is 71.3 Å². The summed E-state index contributed by atoms with van der Waals surface area (Å²) >= 11 is 0. The van der Waals surface area contributed by atoms with Crippen molar-refractivity contribution in [2.45, 2.75) is 49.3 Å². The van der Waals surface area contributed by atoms with Gasteiger partial charge in [-0.05, 0) is 61.1 Å². The average molecular weight is 459 g/mol. The Labute approximate surface area is 175 Å². The quantitative estimate of drug-likeness (QED) is 0.636. The number of sulfonamides is 2. The lowest BCUT2D eigenvalue weighted by atomic mass is 9.92. The summed E-state index contributed by atoms with van der Waals surface area (Å²) in [6.45, 7) is 0. The van der Waals surface area contributed by atoms with E-state index in [2.05, 4.69) is 9.44 Å². The Morgan fingerprint density at radius 1 is 0.633 bits per heavy atom. The van der Waals surface area contributed by atoms with E-state index in [1.165, 1.54) is 48.5 Å². The van der Waals surface area contributed by atoms with Crippen LogP contribution < -0.4 is 9.44 Å². The molecule has 164 valence electrons. The first-order valence-corrected chi connectivity index (χ1v) is 12.9. The summed E-state index contributed by atoms with van der Waals surface area (Å²) in [7, 11) is -7.17. The Morgan fingerprint density at radius 2 is 0.933 bits per heavy atom. The highest BCUT2D eigenvalue weighted by Crippen LogP contribution is 2.21. The maximum atomic E-state index is 13.0. The minimum Gasteiger partial charge on any atom is -0.212 e. The lowest BCUT2D eigenvalue weighted by molar-refractivity contribution is 0.355. The molecule has 30 heavy (non-hydrogen) atoms. The summed E-state index contributed by atoms with van der Waals surface area (Å²) in [6.07, 6.45) is 2.03. The zero-order chi connectivity index (χ0) is 21.8. The van der Waals surface area contributed by atoms with Crippen molar-refractivity contribution in [1.29, 1.82) is 0 Å². The van der Waals surface area contributed by atoms with Gasteiger partial charge in [0.05, 0.1) is 11.5 Å². The van der Waals surface area contributed by atoms with Crippen LogP contribution in [0.25, 0.3) is 0 Å². The molecule has 1 fully saturated rings. The summed E-state index contributed by atoms with van der Waals surface area (Å²) in [4.78, 5) is 0. The Kier molecular flexibility index (Phi) is 7.22. The van der Waals surface area contributed by atoms with Crippen LogP contribution in [0.2, 0.25) is 0 Å². The van der Waals surface area contributed by atoms with Crippen LogP contribution in [-0.4, -0.2) is 28.9 Å². The van der Waals surface area contributed by atoms with E-state index in [0.717, 1.165) is 0 Å². The first-order valence-electron chi connectivity index (χ1n) is 9.59. The predicted molar refractivity (Wildman–Crippen MR) is 110 cm³/mol. The highest BCUT2D eigenvalue weighted by Gasteiger charge is 2.27. The molecule has 2 aromatic rings. The second-order valence-electron chi connectivity index (χ2n) is 7.56. The molecule has 0 atom stereocenters. The predicted octanol–water partition coefficient (Wildman–Crippen LogP) is 2.82. The lowest BCUT2D eigenvalue weighted by Crippen LogP contribution is -2.44. The van der Waals surface area contributed by atoms with Crippen molar-refractivity contribution in [2.75, 3.05) is 0 Å². The van der Waals surface area contributed by atoms with E-state index in [1.54, 1.807) is 0 Å². The van der Waals surface area contributed by atoms with Crippen molar-refractivity contribution >= 4 is 20.0 Å². The standard InChI is InChI=1S/C20H24F2N2O4S2/c21-17-5-1-15(2-6-17)13-29(25,26)23-19-9-11-20(12-10-19)24-30(27,28)14-16-3-7-18(22)8-4-16/h1-8,19-20,23-24H,9-14H2. The van der Waals surface area contributed by atoms with Crippen molar-refractivity contribution in [3.63, 3.8) is 0 Å². The normalized spacial score (nSPS) is 20.2. The molecule has 1 aliphatic carbocycles. The van der Waals surface area contributed by atoms with Crippen LogP contribution in [0.5, 0.6) is 0 Å². The third-order valence-electron chi connectivity index (χ3n) is 4.96. The van der Waals surface area contributed by atoms with E-state index in [9.17, 15) is 25.6 Å². The van der Waals surface area contributed by atoms with Gasteiger partial charge in [-0.15, -0.1) is 0 Å². The van der Waals surface area contributed by atoms with E-state index in [4.69, 9.17) is 0 Å². The zero-order valence-electron chi connectivity index (χ0n) is 16.2. The molecular weight excluding hydrogens is 434 g/mol. The average Bonchev–Trinajstić information content (AvgIpc) is 2.66. The molecule has 0 aliphatic heterocycles. The van der Waals surface area contributed by atoms with Gasteiger partial charge in [-0.25, -0.2) is 35.1 Å². The van der Waals surface area contributed by atoms with Gasteiger partial charge in [0.25, 0.3) is 0 Å². The summed E-state index contributed by atoms with van der Waals surface area (Å²) < 4.78 is 80.6. The minimum atomic E-state index is -3.59. The fourth-order valence-corrected chi connectivity index (χ4v) is 6.44. The van der Waals surface area contributed by atoms with E-state index in [1.807, 2.05) is 0 Å². The van der Waals surface area contributed by atoms with Gasteiger partial charge in [0.2, 0.25) is 20.0 Å². The van der Waals surface area contributed by atoms with Gasteiger partial charge < -0.3 is 0 Å². The Bertz CT molecular complexity index is 961. The summed E-state index contributed by atoms with van der Waals surface area (Å²) in [6, 6.07) is 10.1. The molecule has 0 unspecified atom stereocenters. The molecule has 0 heterocycles. The molecule has 0 bridgehead atoms. The Balaban J connectivity index is 1.48. The molecule has 0 saturated heterocycles. The van der Waals surface area contributed by atoms with E-state index >= 15 is 0 Å². The number of hydrogen-bond acceptors (Lipinski definition) is 4. The van der Waals surface area contributed by atoms with Crippen LogP contribution in [0.15, 0.2) is 48.5 Å². The fraction of sp³-hybridized carbons (Fsp3) is 0.400. The molecule has 6 nitrogen and oxygen atoms in total. The van der Waals surface area contributed by atoms with Crippen LogP contribution in [0.3, 0.4) is 0 Å². The maximum absolute atomic E-state index is 13.0. The second-order valence-corrected chi connectivity index (χ2v) is 11.1. The lowest BCUT2D eigenvalue weighted by Gasteiger charge is -2.29. The first-order chi connectivity index (χ1) is 14.1. The number of rotatable bonds is 8. The van der Waals surface area contributed by atoms with Gasteiger partial charge in [-0.1, -0.05) is 24.3 Å². The first kappa shape index (κ1) is 22.8. The van der Waals surface area contributed by atoms with Crippen molar-refractivity contribution < 1.29 is 25.6 Å². The van der Waals surface area contributed by atoms with Crippen LogP contribution in [-0.2, 0) is 31.6 Å². The number of hydrogen-bond donors (Lipinski definition) is 2. The Hall–Kier alpha value is -1.88. The molecule has 2 aromatic carbocycles. The summed E-state index contributed by atoms with van der Waals surface area (Å²) in [5.74, 6) is -1.33. The van der Waals surface area contributed by atoms with Crippen LogP contribution in [0.4, 0.5) is 8.78 Å². The van der Waals surface area contributed by atoms with Gasteiger partial charge in [-0.2, -0.15) is 0 Å². The summed E-state index contributed by atoms with van der Waals surface area (Å²) in [5, 5.41) is 0. The van der Waals surface area contributed by atoms with Crippen molar-refractivity contribution in [2.24, 2.45) is 0 Å². The fourth-order valence-electron chi connectivity index (χ4n) is 3.52. The van der Waals surface area contributed by atoms with Gasteiger partial charge in [0.1, 0.15) is 11.6 Å². The summed E-state index contributed by atoms with van der Waals surface area (Å²) in [5.41, 5.74) is 0.984. The third-order valence-corrected chi connectivity index (χ3v) is 7.77. The van der Waals surface area contributed by atoms with E-state index in [-0.39, 0.29) is 23.6 Å². The van der Waals surface area contributed by atoms with E-state index < -0.39 is 31.7 Å². The topological polar surface area (TPSA) is 92.3 Å². The molecule has 2 N–H and O–H groups in total. The second kappa shape index (κ2) is 9.51. The monoisotopic (exact) mass is 458 g/mol. The van der Waals surface area contributed by atoms with Gasteiger partial charge in [0.15, 0.2) is 0 Å². The SMILES string of the molecule is O=S(=O)(Cc1ccc(F)cc1)NC1CCC(NS(=O)(=O)Cc2ccc(F)cc2)CC1. The van der Waals surface area contributed by atoms with Crippen LogP contribution in [0.1, 0.15) is 36.8 Å².